The summed E-state index contributed by atoms with van der Waals surface area (Å²) in [6.07, 6.45) is 13.2. The van der Waals surface area contributed by atoms with Gasteiger partial charge in [0.15, 0.2) is 5.82 Å². The molecule has 0 aliphatic heterocycles. The Balaban J connectivity index is 0.000000472. The zero-order valence-corrected chi connectivity index (χ0v) is 16.1. The maximum absolute atomic E-state index is 13.6. The highest BCUT2D eigenvalue weighted by Gasteiger charge is 2.18. The Labute approximate surface area is 166 Å². The smallest absolute Gasteiger partial charge is 0.292 e. The van der Waals surface area contributed by atoms with Gasteiger partial charge in [-0.1, -0.05) is 19.3 Å². The molecule has 0 bridgehead atoms. The van der Waals surface area contributed by atoms with Crippen LogP contribution in [0, 0.1) is 5.82 Å². The van der Waals surface area contributed by atoms with Crippen LogP contribution in [0.2, 0.25) is 0 Å². The zero-order chi connectivity index (χ0) is 20.2. The molecular weight excluding hydrogens is 373 g/mol. The van der Waals surface area contributed by atoms with E-state index in [0.29, 0.717) is 29.4 Å². The molecule has 4 heterocycles. The highest BCUT2D eigenvalue weighted by Crippen LogP contribution is 2.32. The van der Waals surface area contributed by atoms with Crippen LogP contribution in [0.1, 0.15) is 38.1 Å². The van der Waals surface area contributed by atoms with Crippen molar-refractivity contribution in [3.05, 3.63) is 42.7 Å². The maximum atomic E-state index is 13.6. The summed E-state index contributed by atoms with van der Waals surface area (Å²) >= 11 is 0. The maximum Gasteiger partial charge on any atom is 0.292 e. The van der Waals surface area contributed by atoms with Gasteiger partial charge in [-0.3, -0.25) is 4.79 Å². The number of carbonyl (C=O) groups is 1. The molecule has 0 radical (unpaired) electrons. The van der Waals surface area contributed by atoms with E-state index in [1.807, 2.05) is 6.20 Å². The molecule has 1 N–H and O–H groups in total. The van der Waals surface area contributed by atoms with Gasteiger partial charge < -0.3 is 14.3 Å². The van der Waals surface area contributed by atoms with Crippen molar-refractivity contribution in [2.24, 2.45) is 0 Å². The number of pyridine rings is 1. The molecule has 1 aliphatic rings. The Kier molecular flexibility index (Phi) is 5.50. The molecule has 0 atom stereocenters. The predicted octanol–water partition coefficient (Wildman–Crippen LogP) is 4.41. The number of nitrogens with zero attached hydrogens (tertiary/aromatic N) is 4. The van der Waals surface area contributed by atoms with E-state index in [4.69, 9.17) is 9.78 Å². The molecule has 5 rings (SSSR count). The summed E-state index contributed by atoms with van der Waals surface area (Å²) in [5.41, 5.74) is 2.37. The van der Waals surface area contributed by atoms with E-state index in [9.17, 15) is 4.39 Å². The van der Waals surface area contributed by atoms with Gasteiger partial charge in [0.05, 0.1) is 13.3 Å². The Morgan fingerprint density at radius 1 is 1.24 bits per heavy atom. The number of fused-ring (bicyclic) bond motifs is 2. The van der Waals surface area contributed by atoms with E-state index in [0.717, 1.165) is 16.6 Å². The molecule has 7 nitrogen and oxygen atoms in total. The number of H-pyrrole nitrogens is 1. The number of methoxy groups -OCH3 is 1. The number of rotatable bonds is 3. The number of aromatic nitrogens is 5. The van der Waals surface area contributed by atoms with Gasteiger partial charge in [-0.05, 0) is 25.0 Å². The van der Waals surface area contributed by atoms with E-state index in [-0.39, 0.29) is 5.82 Å². The van der Waals surface area contributed by atoms with Crippen molar-refractivity contribution in [3.8, 4) is 11.4 Å². The molecule has 1 saturated carbocycles. The summed E-state index contributed by atoms with van der Waals surface area (Å²) in [6, 6.07) is 4.06. The van der Waals surface area contributed by atoms with E-state index < -0.39 is 0 Å². The van der Waals surface area contributed by atoms with Crippen molar-refractivity contribution in [1.29, 1.82) is 0 Å². The number of carbonyl (C=O) groups excluding carboxylic acids is 1. The van der Waals surface area contributed by atoms with Gasteiger partial charge in [0.1, 0.15) is 17.1 Å². The third-order valence-electron chi connectivity index (χ3n) is 5.26. The van der Waals surface area contributed by atoms with Crippen molar-refractivity contribution in [2.45, 2.75) is 38.1 Å². The lowest BCUT2D eigenvalue weighted by Crippen LogP contribution is -2.12. The first-order valence-electron chi connectivity index (χ1n) is 9.64. The minimum absolute atomic E-state index is 0.361. The predicted molar refractivity (Wildman–Crippen MR) is 108 cm³/mol. The van der Waals surface area contributed by atoms with Gasteiger partial charge in [0, 0.05) is 41.0 Å². The lowest BCUT2D eigenvalue weighted by Gasteiger charge is -2.23. The van der Waals surface area contributed by atoms with Crippen LogP contribution in [-0.2, 0) is 9.53 Å². The number of aromatic amines is 1. The molecule has 150 valence electrons. The molecular formula is C21H22FN5O2. The normalized spacial score (nSPS) is 14.6. The second-order valence-electron chi connectivity index (χ2n) is 7.07. The van der Waals surface area contributed by atoms with Crippen molar-refractivity contribution in [2.75, 3.05) is 7.11 Å². The van der Waals surface area contributed by atoms with Crippen LogP contribution in [0.5, 0.6) is 0 Å². The second kappa shape index (κ2) is 8.38. The molecule has 0 spiro atoms. The highest BCUT2D eigenvalue weighted by atomic mass is 19.1. The van der Waals surface area contributed by atoms with Crippen LogP contribution >= 0.6 is 0 Å². The van der Waals surface area contributed by atoms with Crippen LogP contribution in [-0.4, -0.2) is 38.1 Å². The van der Waals surface area contributed by atoms with Gasteiger partial charge in [-0.25, -0.2) is 19.3 Å². The molecule has 4 aromatic heterocycles. The van der Waals surface area contributed by atoms with Crippen molar-refractivity contribution in [1.82, 2.24) is 24.5 Å². The topological polar surface area (TPSA) is 85.7 Å². The molecule has 4 aromatic rings. The summed E-state index contributed by atoms with van der Waals surface area (Å²) in [7, 11) is 1.31. The van der Waals surface area contributed by atoms with Crippen LogP contribution < -0.4 is 0 Å². The van der Waals surface area contributed by atoms with E-state index in [1.54, 1.807) is 6.20 Å². The minimum Gasteiger partial charge on any atom is -0.471 e. The average molecular weight is 395 g/mol. The summed E-state index contributed by atoms with van der Waals surface area (Å²) in [5.74, 6) is 0.238. The zero-order valence-electron chi connectivity index (χ0n) is 16.1. The first-order valence-corrected chi connectivity index (χ1v) is 9.64. The van der Waals surface area contributed by atoms with E-state index >= 15 is 0 Å². The molecule has 1 fully saturated rings. The average Bonchev–Trinajstić information content (AvgIpc) is 3.38. The summed E-state index contributed by atoms with van der Waals surface area (Å²) in [6.45, 7) is 0.375. The van der Waals surface area contributed by atoms with Crippen molar-refractivity contribution < 1.29 is 13.9 Å². The van der Waals surface area contributed by atoms with Gasteiger partial charge in [-0.2, -0.15) is 0 Å². The first-order chi connectivity index (χ1) is 14.2. The lowest BCUT2D eigenvalue weighted by molar-refractivity contribution is -0.126. The van der Waals surface area contributed by atoms with E-state index in [1.165, 1.54) is 51.5 Å². The number of hydrogen-bond acceptors (Lipinski definition) is 5. The monoisotopic (exact) mass is 395 g/mol. The second-order valence-corrected chi connectivity index (χ2v) is 7.07. The summed E-state index contributed by atoms with van der Waals surface area (Å²) in [5, 5.41) is 1.74. The van der Waals surface area contributed by atoms with Crippen LogP contribution in [0.4, 0.5) is 4.39 Å². The van der Waals surface area contributed by atoms with Crippen LogP contribution in [0.15, 0.2) is 36.9 Å². The van der Waals surface area contributed by atoms with Gasteiger partial charge in [0.2, 0.25) is 0 Å². The summed E-state index contributed by atoms with van der Waals surface area (Å²) < 4.78 is 19.7. The molecule has 29 heavy (non-hydrogen) atoms. The third kappa shape index (κ3) is 3.83. The quantitative estimate of drug-likeness (QED) is 0.520. The molecule has 8 heteroatoms. The molecule has 0 saturated heterocycles. The Hall–Kier alpha value is -3.29. The van der Waals surface area contributed by atoms with Crippen LogP contribution in [0.25, 0.3) is 33.5 Å². The largest absolute Gasteiger partial charge is 0.471 e. The van der Waals surface area contributed by atoms with Crippen LogP contribution in [0.3, 0.4) is 0 Å². The lowest BCUT2D eigenvalue weighted by atomic mass is 9.95. The number of nitrogens with one attached hydrogen (secondary N) is 1. The first kappa shape index (κ1) is 19.0. The van der Waals surface area contributed by atoms with Gasteiger partial charge in [0.25, 0.3) is 6.47 Å². The van der Waals surface area contributed by atoms with Crippen molar-refractivity contribution >= 4 is 28.5 Å². The SMILES string of the molecule is COC=O.Fc1cnc2[nH]cc(-c3ncc4ccn(C5CCCCC5)c4n3)c2c1. The fraction of sp³-hybridized carbons (Fsp3) is 0.333. The fourth-order valence-corrected chi connectivity index (χ4v) is 3.88. The standard InChI is InChI=1S/C19H18FN5.C2H4O2/c20-13-8-15-16(11-23-17(15)22-10-13)18-21-9-12-6-7-25(19(12)24-18)14-4-2-1-3-5-14;1-4-2-3/h6-11,14H,1-5H2,(H,22,23);2H,1H3. The van der Waals surface area contributed by atoms with Crippen molar-refractivity contribution in [3.63, 3.8) is 0 Å². The molecule has 0 amide bonds. The van der Waals surface area contributed by atoms with Gasteiger partial charge >= 0.3 is 0 Å². The Morgan fingerprint density at radius 3 is 2.79 bits per heavy atom. The Bertz CT molecular complexity index is 1130. The minimum atomic E-state index is -0.361. The molecule has 1 aliphatic carbocycles. The molecule has 0 aromatic carbocycles. The highest BCUT2D eigenvalue weighted by molar-refractivity contribution is 5.92. The summed E-state index contributed by atoms with van der Waals surface area (Å²) in [4.78, 5) is 25.4. The van der Waals surface area contributed by atoms with Gasteiger partial charge in [-0.15, -0.1) is 0 Å². The van der Waals surface area contributed by atoms with E-state index in [2.05, 4.69) is 36.5 Å². The number of hydrogen-bond donors (Lipinski definition) is 1. The number of halogens is 1. The Morgan fingerprint density at radius 2 is 2.03 bits per heavy atom. The fourth-order valence-electron chi connectivity index (χ4n) is 3.88. The molecule has 0 unspecified atom stereocenters. The number of ether oxygens (including phenoxy) is 1. The third-order valence-corrected chi connectivity index (χ3v) is 5.26.